The van der Waals surface area contributed by atoms with Crippen LogP contribution in [-0.4, -0.2) is 32.0 Å². The summed E-state index contributed by atoms with van der Waals surface area (Å²) < 4.78 is 19.2. The molecule has 0 aliphatic carbocycles. The van der Waals surface area contributed by atoms with E-state index in [1.54, 1.807) is 6.92 Å². The zero-order valence-electron chi connectivity index (χ0n) is 8.18. The first-order valence-electron chi connectivity index (χ1n) is 5.17. The van der Waals surface area contributed by atoms with E-state index in [1.807, 2.05) is 0 Å². The molecule has 76 valence electrons. The van der Waals surface area contributed by atoms with Gasteiger partial charge in [-0.05, 0) is 25.7 Å². The molecule has 0 aromatic heterocycles. The highest BCUT2D eigenvalue weighted by Gasteiger charge is 2.43. The Morgan fingerprint density at radius 3 is 2.62 bits per heavy atom. The van der Waals surface area contributed by atoms with Gasteiger partial charge in [0.1, 0.15) is 5.67 Å². The summed E-state index contributed by atoms with van der Waals surface area (Å²) in [5, 5.41) is 3.14. The van der Waals surface area contributed by atoms with Gasteiger partial charge in [-0.1, -0.05) is 0 Å². The molecule has 2 rings (SSSR count). The number of hydrogen-bond acceptors (Lipinski definition) is 2. The molecule has 2 aliphatic heterocycles. The maximum absolute atomic E-state index is 14.0. The molecule has 2 aliphatic rings. The number of alkyl halides is 1. The van der Waals surface area contributed by atoms with Crippen LogP contribution in [0.5, 0.6) is 0 Å². The van der Waals surface area contributed by atoms with Gasteiger partial charge in [0.05, 0.1) is 0 Å². The van der Waals surface area contributed by atoms with Crippen molar-refractivity contribution in [3.63, 3.8) is 0 Å². The minimum absolute atomic E-state index is 0.205. The number of ether oxygens (including phenoxy) is 1. The van der Waals surface area contributed by atoms with E-state index in [0.717, 1.165) is 32.6 Å². The molecule has 3 heteroatoms. The van der Waals surface area contributed by atoms with Gasteiger partial charge in [0.15, 0.2) is 0 Å². The lowest BCUT2D eigenvalue weighted by Gasteiger charge is -2.32. The summed E-state index contributed by atoms with van der Waals surface area (Å²) in [7, 11) is 0. The van der Waals surface area contributed by atoms with Crippen molar-refractivity contribution in [2.75, 3.05) is 26.3 Å². The van der Waals surface area contributed by atoms with Crippen LogP contribution in [0.15, 0.2) is 0 Å². The number of halogens is 1. The highest BCUT2D eigenvalue weighted by atomic mass is 19.1. The molecule has 0 amide bonds. The third-order valence-electron chi connectivity index (χ3n) is 3.44. The summed E-state index contributed by atoms with van der Waals surface area (Å²) in [6, 6.07) is 0. The van der Waals surface area contributed by atoms with Crippen molar-refractivity contribution < 1.29 is 9.13 Å². The van der Waals surface area contributed by atoms with Crippen molar-refractivity contribution in [3.05, 3.63) is 0 Å². The second-order valence-corrected chi connectivity index (χ2v) is 4.47. The second-order valence-electron chi connectivity index (χ2n) is 4.47. The van der Waals surface area contributed by atoms with Crippen LogP contribution in [0, 0.1) is 11.8 Å². The largest absolute Gasteiger partial charge is 0.381 e. The van der Waals surface area contributed by atoms with Gasteiger partial charge in [0.2, 0.25) is 0 Å². The van der Waals surface area contributed by atoms with E-state index in [0.29, 0.717) is 12.5 Å². The first-order chi connectivity index (χ1) is 6.20. The number of hydrogen-bond donors (Lipinski definition) is 1. The molecule has 2 unspecified atom stereocenters. The Kier molecular flexibility index (Phi) is 2.56. The second kappa shape index (κ2) is 3.54. The Hall–Kier alpha value is -0.150. The first kappa shape index (κ1) is 9.41. The molecule has 0 bridgehead atoms. The standard InChI is InChI=1S/C10H18FNO/c1-10(11)7-12-6-9(10)8-2-4-13-5-3-8/h8-9,12H,2-7H2,1H3. The van der Waals surface area contributed by atoms with Gasteiger partial charge in [-0.25, -0.2) is 4.39 Å². The van der Waals surface area contributed by atoms with E-state index >= 15 is 0 Å². The molecule has 0 spiro atoms. The van der Waals surface area contributed by atoms with Crippen molar-refractivity contribution in [1.29, 1.82) is 0 Å². The van der Waals surface area contributed by atoms with Crippen LogP contribution < -0.4 is 5.32 Å². The third kappa shape index (κ3) is 1.86. The van der Waals surface area contributed by atoms with Gasteiger partial charge in [0.25, 0.3) is 0 Å². The first-order valence-corrected chi connectivity index (χ1v) is 5.17. The van der Waals surface area contributed by atoms with Crippen LogP contribution in [0.3, 0.4) is 0 Å². The van der Waals surface area contributed by atoms with Crippen LogP contribution in [0.2, 0.25) is 0 Å². The summed E-state index contributed by atoms with van der Waals surface area (Å²) in [5.41, 5.74) is -0.998. The Morgan fingerprint density at radius 2 is 2.08 bits per heavy atom. The zero-order chi connectivity index (χ0) is 9.31. The van der Waals surface area contributed by atoms with Gasteiger partial charge in [-0.15, -0.1) is 0 Å². The Morgan fingerprint density at radius 1 is 1.38 bits per heavy atom. The zero-order valence-corrected chi connectivity index (χ0v) is 8.18. The van der Waals surface area contributed by atoms with Crippen LogP contribution >= 0.6 is 0 Å². The summed E-state index contributed by atoms with van der Waals surface area (Å²) in [6.45, 7) is 4.73. The molecule has 0 aromatic carbocycles. The third-order valence-corrected chi connectivity index (χ3v) is 3.44. The quantitative estimate of drug-likeness (QED) is 0.669. The van der Waals surface area contributed by atoms with Crippen molar-refractivity contribution >= 4 is 0 Å². The van der Waals surface area contributed by atoms with Crippen LogP contribution in [0.1, 0.15) is 19.8 Å². The highest BCUT2D eigenvalue weighted by Crippen LogP contribution is 2.36. The summed E-state index contributed by atoms with van der Waals surface area (Å²) >= 11 is 0. The monoisotopic (exact) mass is 187 g/mol. The SMILES string of the molecule is CC1(F)CNCC1C1CCOCC1. The predicted octanol–water partition coefficient (Wildman–Crippen LogP) is 1.36. The Balaban J connectivity index is 1.98. The van der Waals surface area contributed by atoms with Gasteiger partial charge in [-0.3, -0.25) is 0 Å². The topological polar surface area (TPSA) is 21.3 Å². The van der Waals surface area contributed by atoms with E-state index in [1.165, 1.54) is 0 Å². The Bertz CT molecular complexity index is 178. The highest BCUT2D eigenvalue weighted by molar-refractivity contribution is 4.96. The van der Waals surface area contributed by atoms with Gasteiger partial charge in [0, 0.05) is 32.2 Å². The predicted molar refractivity (Wildman–Crippen MR) is 49.4 cm³/mol. The molecule has 2 fully saturated rings. The van der Waals surface area contributed by atoms with Gasteiger partial charge in [-0.2, -0.15) is 0 Å². The molecule has 2 nitrogen and oxygen atoms in total. The fourth-order valence-corrected chi connectivity index (χ4v) is 2.59. The van der Waals surface area contributed by atoms with Crippen molar-refractivity contribution in [2.24, 2.45) is 11.8 Å². The van der Waals surface area contributed by atoms with Crippen molar-refractivity contribution in [2.45, 2.75) is 25.4 Å². The smallest absolute Gasteiger partial charge is 0.124 e. The molecule has 2 saturated heterocycles. The lowest BCUT2D eigenvalue weighted by Crippen LogP contribution is -2.36. The van der Waals surface area contributed by atoms with Crippen LogP contribution in [0.4, 0.5) is 4.39 Å². The van der Waals surface area contributed by atoms with Crippen molar-refractivity contribution in [3.8, 4) is 0 Å². The maximum Gasteiger partial charge on any atom is 0.124 e. The van der Waals surface area contributed by atoms with E-state index < -0.39 is 5.67 Å². The summed E-state index contributed by atoms with van der Waals surface area (Å²) in [4.78, 5) is 0. The molecular weight excluding hydrogens is 169 g/mol. The lowest BCUT2D eigenvalue weighted by molar-refractivity contribution is 0.0164. The van der Waals surface area contributed by atoms with E-state index in [4.69, 9.17) is 4.74 Å². The Labute approximate surface area is 78.8 Å². The molecule has 1 N–H and O–H groups in total. The molecule has 2 heterocycles. The fourth-order valence-electron chi connectivity index (χ4n) is 2.59. The van der Waals surface area contributed by atoms with E-state index in [9.17, 15) is 4.39 Å². The molecule has 0 radical (unpaired) electrons. The number of rotatable bonds is 1. The minimum atomic E-state index is -0.998. The average molecular weight is 187 g/mol. The van der Waals surface area contributed by atoms with Gasteiger partial charge >= 0.3 is 0 Å². The van der Waals surface area contributed by atoms with Gasteiger partial charge < -0.3 is 10.1 Å². The molecule has 13 heavy (non-hydrogen) atoms. The fraction of sp³-hybridized carbons (Fsp3) is 1.00. The van der Waals surface area contributed by atoms with Crippen LogP contribution in [-0.2, 0) is 4.74 Å². The molecule has 0 aromatic rings. The normalized spacial score (nSPS) is 42.5. The van der Waals surface area contributed by atoms with Crippen LogP contribution in [0.25, 0.3) is 0 Å². The lowest BCUT2D eigenvalue weighted by atomic mass is 9.79. The van der Waals surface area contributed by atoms with E-state index in [-0.39, 0.29) is 5.92 Å². The summed E-state index contributed by atoms with van der Waals surface area (Å²) in [5.74, 6) is 0.732. The molecule has 2 atom stereocenters. The van der Waals surface area contributed by atoms with E-state index in [2.05, 4.69) is 5.32 Å². The minimum Gasteiger partial charge on any atom is -0.381 e. The summed E-state index contributed by atoms with van der Waals surface area (Å²) in [6.07, 6.45) is 2.07. The molecular formula is C10H18FNO. The van der Waals surface area contributed by atoms with Crippen molar-refractivity contribution in [1.82, 2.24) is 5.32 Å². The average Bonchev–Trinajstić information content (AvgIpc) is 2.47. The maximum atomic E-state index is 14.0. The molecule has 0 saturated carbocycles. The number of nitrogens with one attached hydrogen (secondary N) is 1.